The number of aromatic nitrogens is 1. The van der Waals surface area contributed by atoms with Crippen LogP contribution in [-0.2, 0) is 9.53 Å². The molecule has 1 aliphatic rings. The minimum Gasteiger partial charge on any atom is -0.497 e. The van der Waals surface area contributed by atoms with Crippen molar-refractivity contribution in [3.05, 3.63) is 95.4 Å². The van der Waals surface area contributed by atoms with Crippen molar-refractivity contribution in [1.82, 2.24) is 4.57 Å². The van der Waals surface area contributed by atoms with Crippen LogP contribution in [0.2, 0.25) is 5.02 Å². The van der Waals surface area contributed by atoms with E-state index in [1.165, 1.54) is 22.8 Å². The molecule has 1 aromatic heterocycles. The zero-order valence-electron chi connectivity index (χ0n) is 19.0. The summed E-state index contributed by atoms with van der Waals surface area (Å²) in [5.74, 6) is -0.455. The standard InChI is InChI=1S/C25H22ClFN2O4S/c1-13(2)33-24(31)21-14(3)28-25-29(22(21)15-8-10-16(32-4)11-9-15)23(30)20(34-25)12-17-18(26)6-5-7-19(17)27/h5-13,22H,1-4H3. The van der Waals surface area contributed by atoms with Gasteiger partial charge in [0.05, 0.1) is 40.1 Å². The molecule has 1 unspecified atom stereocenters. The van der Waals surface area contributed by atoms with Gasteiger partial charge in [0.25, 0.3) is 5.56 Å². The van der Waals surface area contributed by atoms with E-state index in [-0.39, 0.29) is 26.8 Å². The van der Waals surface area contributed by atoms with E-state index in [1.54, 1.807) is 58.2 Å². The van der Waals surface area contributed by atoms with E-state index in [0.717, 1.165) is 11.3 Å². The predicted molar refractivity (Wildman–Crippen MR) is 129 cm³/mol. The van der Waals surface area contributed by atoms with Gasteiger partial charge in [-0.15, -0.1) is 0 Å². The smallest absolute Gasteiger partial charge is 0.338 e. The largest absolute Gasteiger partial charge is 0.497 e. The number of ether oxygens (including phenoxy) is 2. The number of fused-ring (bicyclic) bond motifs is 1. The lowest BCUT2D eigenvalue weighted by Gasteiger charge is -2.25. The number of nitrogens with zero attached hydrogens (tertiary/aromatic N) is 2. The van der Waals surface area contributed by atoms with Gasteiger partial charge in [-0.05, 0) is 56.7 Å². The molecule has 0 saturated carbocycles. The Morgan fingerprint density at radius 3 is 2.56 bits per heavy atom. The third kappa shape index (κ3) is 4.43. The topological polar surface area (TPSA) is 69.9 Å². The third-order valence-corrected chi connectivity index (χ3v) is 6.60. The number of benzene rings is 2. The monoisotopic (exact) mass is 500 g/mol. The summed E-state index contributed by atoms with van der Waals surface area (Å²) < 4.78 is 26.8. The molecule has 0 N–H and O–H groups in total. The van der Waals surface area contributed by atoms with Crippen LogP contribution in [0.5, 0.6) is 5.75 Å². The van der Waals surface area contributed by atoms with Crippen LogP contribution in [0.4, 0.5) is 4.39 Å². The van der Waals surface area contributed by atoms with Gasteiger partial charge in [-0.25, -0.2) is 14.2 Å². The number of hydrogen-bond donors (Lipinski definition) is 0. The Morgan fingerprint density at radius 2 is 1.94 bits per heavy atom. The van der Waals surface area contributed by atoms with Gasteiger partial charge in [-0.3, -0.25) is 9.36 Å². The Labute approximate surface area is 204 Å². The average Bonchev–Trinajstić information content (AvgIpc) is 3.09. The van der Waals surface area contributed by atoms with Crippen LogP contribution in [0.1, 0.15) is 37.9 Å². The van der Waals surface area contributed by atoms with Gasteiger partial charge < -0.3 is 9.47 Å². The molecule has 0 radical (unpaired) electrons. The molecule has 2 aromatic carbocycles. The second kappa shape index (κ2) is 9.56. The van der Waals surface area contributed by atoms with E-state index in [1.807, 2.05) is 0 Å². The van der Waals surface area contributed by atoms with Crippen molar-refractivity contribution in [2.24, 2.45) is 4.99 Å². The van der Waals surface area contributed by atoms with Gasteiger partial charge >= 0.3 is 5.97 Å². The van der Waals surface area contributed by atoms with Crippen molar-refractivity contribution in [2.45, 2.75) is 32.9 Å². The number of methoxy groups -OCH3 is 1. The molecule has 2 heterocycles. The summed E-state index contributed by atoms with van der Waals surface area (Å²) in [4.78, 5) is 31.6. The lowest BCUT2D eigenvalue weighted by atomic mass is 9.96. The van der Waals surface area contributed by atoms with E-state index in [9.17, 15) is 14.0 Å². The summed E-state index contributed by atoms with van der Waals surface area (Å²) in [5, 5.41) is 0.190. The first-order valence-corrected chi connectivity index (χ1v) is 11.7. The van der Waals surface area contributed by atoms with Crippen LogP contribution < -0.4 is 19.6 Å². The lowest BCUT2D eigenvalue weighted by Crippen LogP contribution is -2.40. The fourth-order valence-corrected chi connectivity index (χ4v) is 4.99. The van der Waals surface area contributed by atoms with Gasteiger partial charge in [-0.1, -0.05) is 41.1 Å². The maximum absolute atomic E-state index is 14.4. The summed E-state index contributed by atoms with van der Waals surface area (Å²) in [6, 6.07) is 10.6. The van der Waals surface area contributed by atoms with Crippen LogP contribution in [0, 0.1) is 5.82 Å². The summed E-state index contributed by atoms with van der Waals surface area (Å²) in [6.07, 6.45) is 1.06. The minimum atomic E-state index is -0.772. The van der Waals surface area contributed by atoms with Gasteiger partial charge in [0.15, 0.2) is 4.80 Å². The van der Waals surface area contributed by atoms with Gasteiger partial charge in [-0.2, -0.15) is 0 Å². The van der Waals surface area contributed by atoms with Crippen LogP contribution >= 0.6 is 22.9 Å². The zero-order valence-corrected chi connectivity index (χ0v) is 20.5. The number of allylic oxidation sites excluding steroid dienone is 1. The normalized spacial score (nSPS) is 15.9. The molecule has 34 heavy (non-hydrogen) atoms. The fraction of sp³-hybridized carbons (Fsp3) is 0.240. The Kier molecular flexibility index (Phi) is 6.72. The van der Waals surface area contributed by atoms with E-state index in [2.05, 4.69) is 4.99 Å². The second-order valence-corrected chi connectivity index (χ2v) is 9.36. The molecule has 1 aliphatic heterocycles. The molecule has 176 valence electrons. The molecular formula is C25H22ClFN2O4S. The Hall–Kier alpha value is -3.23. The van der Waals surface area contributed by atoms with Crippen LogP contribution in [0.3, 0.4) is 0 Å². The zero-order chi connectivity index (χ0) is 24.6. The highest BCUT2D eigenvalue weighted by Gasteiger charge is 2.33. The maximum atomic E-state index is 14.4. The van der Waals surface area contributed by atoms with Crippen LogP contribution in [0.25, 0.3) is 6.08 Å². The number of esters is 1. The van der Waals surface area contributed by atoms with E-state index in [4.69, 9.17) is 21.1 Å². The van der Waals surface area contributed by atoms with E-state index < -0.39 is 23.4 Å². The average molecular weight is 501 g/mol. The molecule has 0 spiro atoms. The first-order valence-electron chi connectivity index (χ1n) is 10.5. The molecule has 1 atom stereocenters. The Balaban J connectivity index is 1.97. The predicted octanol–water partition coefficient (Wildman–Crippen LogP) is 3.99. The van der Waals surface area contributed by atoms with Gasteiger partial charge in [0, 0.05) is 5.56 Å². The van der Waals surface area contributed by atoms with Crippen LogP contribution in [0.15, 0.2) is 63.5 Å². The Bertz CT molecular complexity index is 1450. The van der Waals surface area contributed by atoms with Crippen molar-refractivity contribution in [3.8, 4) is 5.75 Å². The summed E-state index contributed by atoms with van der Waals surface area (Å²) in [7, 11) is 1.56. The highest BCUT2D eigenvalue weighted by molar-refractivity contribution is 7.07. The Morgan fingerprint density at radius 1 is 1.24 bits per heavy atom. The first kappa shape index (κ1) is 23.9. The quantitative estimate of drug-likeness (QED) is 0.497. The van der Waals surface area contributed by atoms with Crippen molar-refractivity contribution in [1.29, 1.82) is 0 Å². The molecule has 6 nitrogen and oxygen atoms in total. The summed E-state index contributed by atoms with van der Waals surface area (Å²) in [6.45, 7) is 5.21. The molecule has 9 heteroatoms. The highest BCUT2D eigenvalue weighted by atomic mass is 35.5. The second-order valence-electron chi connectivity index (χ2n) is 7.94. The molecule has 0 fully saturated rings. The molecule has 0 aliphatic carbocycles. The van der Waals surface area contributed by atoms with Gasteiger partial charge in [0.2, 0.25) is 0 Å². The van der Waals surface area contributed by atoms with Crippen molar-refractivity contribution in [3.63, 3.8) is 0 Å². The third-order valence-electron chi connectivity index (χ3n) is 5.29. The summed E-state index contributed by atoms with van der Waals surface area (Å²) >= 11 is 7.27. The van der Waals surface area contributed by atoms with E-state index in [0.29, 0.717) is 21.8 Å². The van der Waals surface area contributed by atoms with Gasteiger partial charge in [0.1, 0.15) is 11.6 Å². The number of rotatable bonds is 5. The molecular weight excluding hydrogens is 479 g/mol. The van der Waals surface area contributed by atoms with E-state index >= 15 is 0 Å². The maximum Gasteiger partial charge on any atom is 0.338 e. The SMILES string of the molecule is COc1ccc(C2C(C(=O)OC(C)C)=C(C)N=c3sc(=Cc4c(F)cccc4Cl)c(=O)n32)cc1. The highest BCUT2D eigenvalue weighted by Crippen LogP contribution is 2.32. The number of hydrogen-bond acceptors (Lipinski definition) is 6. The molecule has 0 bridgehead atoms. The molecule has 4 rings (SSSR count). The minimum absolute atomic E-state index is 0.116. The number of halogens is 2. The fourth-order valence-electron chi connectivity index (χ4n) is 3.74. The first-order chi connectivity index (χ1) is 16.2. The number of carbonyl (C=O) groups excluding carboxylic acids is 1. The molecule has 3 aromatic rings. The molecule has 0 saturated heterocycles. The van der Waals surface area contributed by atoms with Crippen molar-refractivity contribution in [2.75, 3.05) is 7.11 Å². The lowest BCUT2D eigenvalue weighted by molar-refractivity contribution is -0.143. The van der Waals surface area contributed by atoms with Crippen LogP contribution in [-0.4, -0.2) is 23.8 Å². The van der Waals surface area contributed by atoms with Crippen molar-refractivity contribution >= 4 is 35.0 Å². The molecule has 0 amide bonds. The number of carbonyl (C=O) groups is 1. The summed E-state index contributed by atoms with van der Waals surface area (Å²) in [5.41, 5.74) is 1.10. The van der Waals surface area contributed by atoms with Crippen molar-refractivity contribution < 1.29 is 18.7 Å². The number of thiazole rings is 1.